The van der Waals surface area contributed by atoms with Crippen molar-refractivity contribution < 1.29 is 24.0 Å². The molecule has 0 bridgehead atoms. The van der Waals surface area contributed by atoms with Gasteiger partial charge in [-0.3, -0.25) is 29.4 Å². The number of imide groups is 2. The molecule has 1 unspecified atom stereocenters. The lowest BCUT2D eigenvalue weighted by atomic mass is 9.72. The summed E-state index contributed by atoms with van der Waals surface area (Å²) in [5.74, 6) is -1.57. The highest BCUT2D eigenvalue weighted by atomic mass is 127. The molecule has 2 aromatic carbocycles. The third-order valence-electron chi connectivity index (χ3n) is 9.36. The number of halogens is 1. The molecule has 2 aromatic rings. The predicted octanol–water partition coefficient (Wildman–Crippen LogP) is 3.94. The zero-order chi connectivity index (χ0) is 30.6. The van der Waals surface area contributed by atoms with Crippen LogP contribution in [-0.4, -0.2) is 71.7 Å². The first-order chi connectivity index (χ1) is 20.5. The van der Waals surface area contributed by atoms with Crippen LogP contribution in [0.15, 0.2) is 30.3 Å². The van der Waals surface area contributed by atoms with E-state index in [1.54, 1.807) is 12.1 Å². The van der Waals surface area contributed by atoms with E-state index < -0.39 is 29.7 Å². The molecule has 1 spiro atoms. The predicted molar refractivity (Wildman–Crippen MR) is 169 cm³/mol. The Morgan fingerprint density at radius 3 is 2.49 bits per heavy atom. The minimum Gasteiger partial charge on any atom is -0.371 e. The fourth-order valence-corrected chi connectivity index (χ4v) is 7.83. The number of piperidine rings is 2. The molecule has 2 N–H and O–H groups in total. The van der Waals surface area contributed by atoms with Crippen molar-refractivity contribution in [3.63, 3.8) is 0 Å². The van der Waals surface area contributed by atoms with Crippen molar-refractivity contribution in [3.8, 4) is 0 Å². The van der Waals surface area contributed by atoms with Crippen LogP contribution in [0.4, 0.5) is 10.5 Å². The minimum absolute atomic E-state index is 0.0473. The fraction of sp³-hybridized carbons (Fsp3) is 0.469. The van der Waals surface area contributed by atoms with Gasteiger partial charge in [0.05, 0.1) is 16.8 Å². The summed E-state index contributed by atoms with van der Waals surface area (Å²) in [6.45, 7) is 9.76. The van der Waals surface area contributed by atoms with Crippen LogP contribution in [0.25, 0.3) is 0 Å². The zero-order valence-corrected chi connectivity index (χ0v) is 26.8. The molecular formula is C32H36IN5O5. The van der Waals surface area contributed by atoms with Crippen LogP contribution in [0.5, 0.6) is 0 Å². The maximum atomic E-state index is 13.5. The Hall–Kier alpha value is -3.48. The van der Waals surface area contributed by atoms with Gasteiger partial charge in [-0.15, -0.1) is 0 Å². The number of nitrogens with one attached hydrogen (secondary N) is 2. The van der Waals surface area contributed by atoms with Gasteiger partial charge in [-0.2, -0.15) is 0 Å². The van der Waals surface area contributed by atoms with Crippen LogP contribution in [-0.2, 0) is 16.1 Å². The summed E-state index contributed by atoms with van der Waals surface area (Å²) >= 11 is 2.39. The van der Waals surface area contributed by atoms with Crippen molar-refractivity contribution in [2.24, 2.45) is 5.41 Å². The largest absolute Gasteiger partial charge is 0.371 e. The van der Waals surface area contributed by atoms with Crippen LogP contribution < -0.4 is 15.5 Å². The van der Waals surface area contributed by atoms with Gasteiger partial charge >= 0.3 is 6.03 Å². The number of aryl methyl sites for hydroxylation is 1. The van der Waals surface area contributed by atoms with Crippen LogP contribution in [0.2, 0.25) is 0 Å². The van der Waals surface area contributed by atoms with E-state index in [4.69, 9.17) is 0 Å². The third kappa shape index (κ3) is 5.29. The number of carbonyl (C=O) groups excluding carboxylic acids is 5. The van der Waals surface area contributed by atoms with E-state index in [1.807, 2.05) is 11.0 Å². The van der Waals surface area contributed by atoms with E-state index in [1.165, 1.54) is 14.7 Å². The molecule has 4 heterocycles. The normalized spacial score (nSPS) is 21.3. The first-order valence-corrected chi connectivity index (χ1v) is 16.0. The Bertz CT molecular complexity index is 1540. The number of hydrogen-bond acceptors (Lipinski definition) is 6. The number of hydrogen-bond donors (Lipinski definition) is 2. The summed E-state index contributed by atoms with van der Waals surface area (Å²) < 4.78 is 1.28. The summed E-state index contributed by atoms with van der Waals surface area (Å²) in [6, 6.07) is 8.55. The number of rotatable bonds is 5. The van der Waals surface area contributed by atoms with Gasteiger partial charge in [0.15, 0.2) is 0 Å². The molecular weight excluding hydrogens is 661 g/mol. The molecule has 10 nitrogen and oxygen atoms in total. The number of urea groups is 1. The summed E-state index contributed by atoms with van der Waals surface area (Å²) in [5, 5.41) is 5.34. The summed E-state index contributed by atoms with van der Waals surface area (Å²) in [4.78, 5) is 68.8. The molecule has 226 valence electrons. The summed E-state index contributed by atoms with van der Waals surface area (Å²) in [5.41, 5.74) is 5.01. The third-order valence-corrected chi connectivity index (χ3v) is 10.8. The topological polar surface area (TPSA) is 119 Å². The Kier molecular flexibility index (Phi) is 7.72. The van der Waals surface area contributed by atoms with Crippen molar-refractivity contribution in [2.45, 2.75) is 65.0 Å². The van der Waals surface area contributed by atoms with E-state index in [0.717, 1.165) is 23.3 Å². The summed E-state index contributed by atoms with van der Waals surface area (Å²) in [7, 11) is 0. The highest BCUT2D eigenvalue weighted by Crippen LogP contribution is 2.43. The van der Waals surface area contributed by atoms with Crippen molar-refractivity contribution >= 4 is 57.9 Å². The van der Waals surface area contributed by atoms with Crippen molar-refractivity contribution in [1.82, 2.24) is 20.4 Å². The SMILES string of the molecule is Cc1cc(CNC(=O)N2CC3(CCN(c4cccc5c4C(=O)N(C4CCC(=O)NC4=O)C5=O)CC3)C2)cc(C(C)C)c1I. The molecule has 0 aliphatic carbocycles. The van der Waals surface area contributed by atoms with Gasteiger partial charge < -0.3 is 15.1 Å². The Labute approximate surface area is 264 Å². The highest BCUT2D eigenvalue weighted by Gasteiger charge is 2.49. The molecule has 4 aliphatic rings. The fourth-order valence-electron chi connectivity index (χ4n) is 6.89. The quantitative estimate of drug-likeness (QED) is 0.361. The second kappa shape index (κ2) is 11.2. The van der Waals surface area contributed by atoms with Crippen LogP contribution in [0, 0.1) is 15.9 Å². The first kappa shape index (κ1) is 29.6. The maximum absolute atomic E-state index is 13.5. The Morgan fingerprint density at radius 2 is 1.81 bits per heavy atom. The minimum atomic E-state index is -0.985. The zero-order valence-electron chi connectivity index (χ0n) is 24.7. The molecule has 0 saturated carbocycles. The number of fused-ring (bicyclic) bond motifs is 1. The van der Waals surface area contributed by atoms with Crippen molar-refractivity contribution in [1.29, 1.82) is 0 Å². The number of nitrogens with zero attached hydrogens (tertiary/aromatic N) is 3. The van der Waals surface area contributed by atoms with Gasteiger partial charge in [-0.25, -0.2) is 4.79 Å². The molecule has 3 saturated heterocycles. The Morgan fingerprint density at radius 1 is 1.09 bits per heavy atom. The average Bonchev–Trinajstić information content (AvgIpc) is 3.21. The van der Waals surface area contributed by atoms with Gasteiger partial charge in [-0.05, 0) is 83.5 Å². The number of anilines is 1. The highest BCUT2D eigenvalue weighted by molar-refractivity contribution is 14.1. The van der Waals surface area contributed by atoms with Gasteiger partial charge in [-0.1, -0.05) is 32.0 Å². The van der Waals surface area contributed by atoms with E-state index in [9.17, 15) is 24.0 Å². The molecule has 4 aliphatic heterocycles. The monoisotopic (exact) mass is 697 g/mol. The molecule has 0 radical (unpaired) electrons. The molecule has 43 heavy (non-hydrogen) atoms. The standard InChI is InChI=1S/C32H36IN5O5/c1-18(2)22-14-20(13-19(3)27(22)33)15-34-31(43)37-16-32(17-37)9-11-36(12-10-32)23-6-4-5-21-26(23)30(42)38(29(21)41)24-7-8-25(39)35-28(24)40/h4-6,13-14,18,24H,7-12,15-17H2,1-3H3,(H,34,43)(H,35,39,40). The number of benzene rings is 2. The van der Waals surface area contributed by atoms with E-state index in [0.29, 0.717) is 55.5 Å². The van der Waals surface area contributed by atoms with E-state index in [2.05, 4.69) is 71.0 Å². The number of likely N-dealkylation sites (tertiary alicyclic amines) is 1. The molecule has 6 amide bonds. The Balaban J connectivity index is 1.06. The van der Waals surface area contributed by atoms with Crippen LogP contribution in [0.3, 0.4) is 0 Å². The van der Waals surface area contributed by atoms with Gasteiger partial charge in [0.2, 0.25) is 11.8 Å². The molecule has 11 heteroatoms. The second-order valence-electron chi connectivity index (χ2n) is 12.6. The van der Waals surface area contributed by atoms with E-state index in [-0.39, 0.29) is 24.3 Å². The van der Waals surface area contributed by atoms with E-state index >= 15 is 0 Å². The van der Waals surface area contributed by atoms with Crippen LogP contribution in [0.1, 0.15) is 82.9 Å². The van der Waals surface area contributed by atoms with Crippen molar-refractivity contribution in [2.75, 3.05) is 31.1 Å². The average molecular weight is 698 g/mol. The molecule has 6 rings (SSSR count). The molecule has 3 fully saturated rings. The van der Waals surface area contributed by atoms with Crippen LogP contribution >= 0.6 is 22.6 Å². The summed E-state index contributed by atoms with van der Waals surface area (Å²) in [6.07, 6.45) is 1.95. The van der Waals surface area contributed by atoms with Crippen molar-refractivity contribution in [3.05, 3.63) is 61.7 Å². The molecule has 0 aromatic heterocycles. The number of carbonyl (C=O) groups is 5. The lowest BCUT2D eigenvalue weighted by Gasteiger charge is -2.54. The number of amides is 6. The molecule has 1 atom stereocenters. The van der Waals surface area contributed by atoms with Gasteiger partial charge in [0, 0.05) is 48.1 Å². The lowest BCUT2D eigenvalue weighted by Crippen LogP contribution is -2.63. The second-order valence-corrected chi connectivity index (χ2v) is 13.7. The maximum Gasteiger partial charge on any atom is 0.317 e. The van der Waals surface area contributed by atoms with Gasteiger partial charge in [0.25, 0.3) is 11.8 Å². The van der Waals surface area contributed by atoms with Gasteiger partial charge in [0.1, 0.15) is 6.04 Å². The first-order valence-electron chi connectivity index (χ1n) is 14.9. The lowest BCUT2D eigenvalue weighted by molar-refractivity contribution is -0.136. The smallest absolute Gasteiger partial charge is 0.317 e.